The molecule has 5 heterocycles. The maximum atomic E-state index is 14.1. The van der Waals surface area contributed by atoms with Crippen LogP contribution >= 0.6 is 0 Å². The summed E-state index contributed by atoms with van der Waals surface area (Å²) in [6.45, 7) is 4.15. The largest absolute Gasteiger partial charge is 0.366 e. The minimum absolute atomic E-state index is 0.235. The molecular formula is C27H28F2N8. The van der Waals surface area contributed by atoms with Crippen molar-refractivity contribution in [2.45, 2.75) is 44.6 Å². The van der Waals surface area contributed by atoms with E-state index in [4.69, 9.17) is 9.97 Å². The number of anilines is 3. The van der Waals surface area contributed by atoms with Gasteiger partial charge >= 0.3 is 0 Å². The van der Waals surface area contributed by atoms with Gasteiger partial charge in [-0.1, -0.05) is 13.3 Å². The van der Waals surface area contributed by atoms with Crippen LogP contribution in [0, 0.1) is 17.7 Å². The van der Waals surface area contributed by atoms with Gasteiger partial charge in [-0.25, -0.2) is 19.3 Å². The molecule has 1 aliphatic carbocycles. The lowest BCUT2D eigenvalue weighted by Gasteiger charge is -2.32. The third-order valence-corrected chi connectivity index (χ3v) is 7.37. The van der Waals surface area contributed by atoms with E-state index >= 15 is 0 Å². The van der Waals surface area contributed by atoms with Gasteiger partial charge in [-0.15, -0.1) is 0 Å². The summed E-state index contributed by atoms with van der Waals surface area (Å²) >= 11 is 0. The monoisotopic (exact) mass is 502 g/mol. The van der Waals surface area contributed by atoms with E-state index in [0.717, 1.165) is 61.2 Å². The molecule has 10 heteroatoms. The smallest absolute Gasteiger partial charge is 0.214 e. The van der Waals surface area contributed by atoms with E-state index in [1.54, 1.807) is 24.5 Å². The van der Waals surface area contributed by atoms with Crippen LogP contribution in [0.25, 0.3) is 22.3 Å². The summed E-state index contributed by atoms with van der Waals surface area (Å²) in [5, 5.41) is 11.0. The number of hydrogen-bond acceptors (Lipinski definition) is 8. The quantitative estimate of drug-likeness (QED) is 0.310. The van der Waals surface area contributed by atoms with Crippen LogP contribution in [0.5, 0.6) is 0 Å². The second kappa shape index (κ2) is 9.93. The predicted molar refractivity (Wildman–Crippen MR) is 139 cm³/mol. The van der Waals surface area contributed by atoms with Gasteiger partial charge in [-0.2, -0.15) is 9.37 Å². The van der Waals surface area contributed by atoms with Gasteiger partial charge < -0.3 is 16.0 Å². The Bertz CT molecular complexity index is 1440. The average Bonchev–Trinajstić information content (AvgIpc) is 2.87. The molecule has 1 saturated carbocycles. The first-order chi connectivity index (χ1) is 18.0. The van der Waals surface area contributed by atoms with Crippen LogP contribution in [-0.2, 0) is 0 Å². The molecule has 2 unspecified atom stereocenters. The molecule has 4 aromatic rings. The van der Waals surface area contributed by atoms with Gasteiger partial charge in [-0.3, -0.25) is 4.98 Å². The second-order valence-corrected chi connectivity index (χ2v) is 9.89. The van der Waals surface area contributed by atoms with Gasteiger partial charge in [0.25, 0.3) is 0 Å². The van der Waals surface area contributed by atoms with Crippen LogP contribution in [-0.4, -0.2) is 44.1 Å². The number of piperidine rings is 1. The molecule has 2 fully saturated rings. The number of aromatic nitrogens is 5. The predicted octanol–water partition coefficient (Wildman–Crippen LogP) is 5.18. The number of rotatable bonds is 6. The lowest BCUT2D eigenvalue weighted by atomic mass is 9.79. The summed E-state index contributed by atoms with van der Waals surface area (Å²) in [6.07, 6.45) is 9.84. The van der Waals surface area contributed by atoms with Gasteiger partial charge in [0.1, 0.15) is 11.6 Å². The summed E-state index contributed by atoms with van der Waals surface area (Å²) in [5.74, 6) is 0.850. The maximum absolute atomic E-state index is 14.1. The first-order valence-electron chi connectivity index (χ1n) is 12.7. The van der Waals surface area contributed by atoms with Crippen LogP contribution in [0.3, 0.4) is 0 Å². The Morgan fingerprint density at radius 1 is 1.00 bits per heavy atom. The highest BCUT2D eigenvalue weighted by atomic mass is 19.1. The fourth-order valence-electron chi connectivity index (χ4n) is 5.04. The molecule has 37 heavy (non-hydrogen) atoms. The van der Waals surface area contributed by atoms with Crippen LogP contribution in [0.2, 0.25) is 0 Å². The first kappa shape index (κ1) is 23.6. The Balaban J connectivity index is 1.41. The Hall–Kier alpha value is -3.79. The minimum atomic E-state index is -0.782. The van der Waals surface area contributed by atoms with Crippen molar-refractivity contribution >= 4 is 28.4 Å². The molecule has 4 aromatic heterocycles. The van der Waals surface area contributed by atoms with Crippen molar-refractivity contribution in [1.29, 1.82) is 0 Å². The standard InChI is InChI=1S/C27H28F2N8/c1-15-12-30-9-8-20(15)33-27-24-18(16-3-2-4-16)13-31-14-21(24)34-25(37-27)17-7-10-32-23(11-17)36-26-19(28)5-6-22(29)35-26/h5-7,10-11,13-16,20,30H,2-4,8-9,12H2,1H3,(H,32,35,36)(H,33,34,37). The van der Waals surface area contributed by atoms with E-state index in [0.29, 0.717) is 29.0 Å². The van der Waals surface area contributed by atoms with Crippen LogP contribution in [0.1, 0.15) is 44.1 Å². The minimum Gasteiger partial charge on any atom is -0.366 e. The molecule has 0 bridgehead atoms. The van der Waals surface area contributed by atoms with Crippen LogP contribution < -0.4 is 16.0 Å². The van der Waals surface area contributed by atoms with Crippen molar-refractivity contribution in [3.63, 3.8) is 0 Å². The van der Waals surface area contributed by atoms with Crippen molar-refractivity contribution in [1.82, 2.24) is 30.2 Å². The number of nitrogens with one attached hydrogen (secondary N) is 3. The Labute approximate surface area is 213 Å². The molecule has 2 atom stereocenters. The highest BCUT2D eigenvalue weighted by Crippen LogP contribution is 2.41. The Morgan fingerprint density at radius 3 is 2.70 bits per heavy atom. The van der Waals surface area contributed by atoms with Crippen LogP contribution in [0.15, 0.2) is 42.9 Å². The second-order valence-electron chi connectivity index (χ2n) is 9.89. The van der Waals surface area contributed by atoms with Gasteiger partial charge in [0.15, 0.2) is 17.5 Å². The lowest BCUT2D eigenvalue weighted by molar-refractivity contribution is 0.368. The van der Waals surface area contributed by atoms with E-state index < -0.39 is 11.8 Å². The fourth-order valence-corrected chi connectivity index (χ4v) is 5.04. The highest BCUT2D eigenvalue weighted by Gasteiger charge is 2.27. The summed E-state index contributed by atoms with van der Waals surface area (Å²) in [6, 6.07) is 5.77. The molecular weight excluding hydrogens is 474 g/mol. The number of fused-ring (bicyclic) bond motifs is 1. The summed E-state index contributed by atoms with van der Waals surface area (Å²) in [7, 11) is 0. The highest BCUT2D eigenvalue weighted by molar-refractivity contribution is 5.93. The first-order valence-corrected chi connectivity index (χ1v) is 12.7. The molecule has 8 nitrogen and oxygen atoms in total. The zero-order valence-corrected chi connectivity index (χ0v) is 20.5. The van der Waals surface area contributed by atoms with Crippen molar-refractivity contribution in [3.05, 3.63) is 60.2 Å². The van der Waals surface area contributed by atoms with Gasteiger partial charge in [-0.05, 0) is 74.0 Å². The molecule has 0 aromatic carbocycles. The number of nitrogens with zero attached hydrogens (tertiary/aromatic N) is 5. The van der Waals surface area contributed by atoms with Crippen LogP contribution in [0.4, 0.5) is 26.2 Å². The van der Waals surface area contributed by atoms with Crippen molar-refractivity contribution in [3.8, 4) is 11.4 Å². The average molecular weight is 503 g/mol. The van der Waals surface area contributed by atoms with Gasteiger partial charge in [0.05, 0.1) is 11.7 Å². The SMILES string of the molecule is CC1CNCCC1Nc1nc(-c2ccnc(Nc3nc(F)ccc3F)c2)nc2cncc(C3CCC3)c12. The zero-order valence-electron chi connectivity index (χ0n) is 20.5. The van der Waals surface area contributed by atoms with E-state index in [1.807, 2.05) is 6.20 Å². The van der Waals surface area contributed by atoms with Gasteiger partial charge in [0.2, 0.25) is 5.95 Å². The van der Waals surface area contributed by atoms with E-state index in [-0.39, 0.29) is 11.9 Å². The summed E-state index contributed by atoms with van der Waals surface area (Å²) < 4.78 is 27.7. The molecule has 1 saturated heterocycles. The molecule has 6 rings (SSSR count). The number of pyridine rings is 3. The lowest BCUT2D eigenvalue weighted by Crippen LogP contribution is -2.42. The molecule has 0 radical (unpaired) electrons. The Morgan fingerprint density at radius 2 is 1.89 bits per heavy atom. The Kier molecular flexibility index (Phi) is 6.33. The number of hydrogen-bond donors (Lipinski definition) is 3. The van der Waals surface area contributed by atoms with E-state index in [9.17, 15) is 8.78 Å². The zero-order chi connectivity index (χ0) is 25.4. The summed E-state index contributed by atoms with van der Waals surface area (Å²) in [5.41, 5.74) is 2.67. The molecule has 190 valence electrons. The molecule has 1 aliphatic heterocycles. The third kappa shape index (κ3) is 4.81. The summed E-state index contributed by atoms with van der Waals surface area (Å²) in [4.78, 5) is 22.2. The number of halogens is 2. The third-order valence-electron chi connectivity index (χ3n) is 7.37. The maximum Gasteiger partial charge on any atom is 0.214 e. The normalized spacial score (nSPS) is 20.0. The van der Waals surface area contributed by atoms with E-state index in [2.05, 4.69) is 37.8 Å². The molecule has 0 spiro atoms. The molecule has 0 amide bonds. The molecule has 2 aliphatic rings. The topological polar surface area (TPSA) is 101 Å². The van der Waals surface area contributed by atoms with E-state index in [1.165, 1.54) is 12.0 Å². The fraction of sp³-hybridized carbons (Fsp3) is 0.370. The molecule has 3 N–H and O–H groups in total. The van der Waals surface area contributed by atoms with Gasteiger partial charge in [0, 0.05) is 29.4 Å². The van der Waals surface area contributed by atoms with Crippen molar-refractivity contribution < 1.29 is 8.78 Å². The van der Waals surface area contributed by atoms with Crippen molar-refractivity contribution in [2.75, 3.05) is 23.7 Å². The van der Waals surface area contributed by atoms with Crippen molar-refractivity contribution in [2.24, 2.45) is 5.92 Å².